The minimum atomic E-state index is 0. The van der Waals surface area contributed by atoms with Crippen molar-refractivity contribution in [2.45, 2.75) is 0 Å². The van der Waals surface area contributed by atoms with E-state index in [0.29, 0.717) is 0 Å². The summed E-state index contributed by atoms with van der Waals surface area (Å²) in [6.07, 6.45) is 0. The van der Waals surface area contributed by atoms with Crippen LogP contribution in [0.1, 0.15) is 0 Å². The van der Waals surface area contributed by atoms with Crippen molar-refractivity contribution in [3.63, 3.8) is 0 Å². The van der Waals surface area contributed by atoms with Crippen molar-refractivity contribution < 1.29 is 41.4 Å². The summed E-state index contributed by atoms with van der Waals surface area (Å²) in [6.45, 7) is 0. The molecule has 0 heterocycles. The molecule has 0 unspecified atom stereocenters. The van der Waals surface area contributed by atoms with E-state index in [4.69, 9.17) is 0 Å². The summed E-state index contributed by atoms with van der Waals surface area (Å²) >= 11 is 0. The van der Waals surface area contributed by atoms with E-state index in [1.807, 2.05) is 0 Å². The topological polar surface area (TPSA) is 28.5 Å². The van der Waals surface area contributed by atoms with Gasteiger partial charge in [-0.2, -0.15) is 0 Å². The van der Waals surface area contributed by atoms with Crippen LogP contribution >= 0.6 is 0 Å². The molecule has 0 aromatic carbocycles. The van der Waals surface area contributed by atoms with Crippen LogP contribution in [-0.2, 0) is 22.5 Å². The Morgan fingerprint density at radius 2 is 1.00 bits per heavy atom. The molecule has 0 saturated carbocycles. The van der Waals surface area contributed by atoms with Crippen LogP contribution in [0.25, 0.3) is 0 Å². The van der Waals surface area contributed by atoms with Gasteiger partial charge in [0.25, 0.3) is 0 Å². The largest absolute Gasteiger partial charge is 4.00 e. The van der Waals surface area contributed by atoms with Crippen molar-refractivity contribution in [3.05, 3.63) is 0 Å². The quantitative estimate of drug-likeness (QED) is 0.287. The predicted octanol–water partition coefficient (Wildman–Crippen LogP) is -3.50. The molecular formula is FeLiOSi+5. The van der Waals surface area contributed by atoms with Crippen LogP contribution in [0.2, 0.25) is 0 Å². The number of hydrogen-bond donors (Lipinski definition) is 0. The van der Waals surface area contributed by atoms with E-state index in [0.717, 1.165) is 0 Å². The van der Waals surface area contributed by atoms with Crippen LogP contribution in [0.3, 0.4) is 0 Å². The molecule has 0 aliphatic rings. The molecule has 0 rings (SSSR count). The Hall–Kier alpha value is 1.29. The third-order valence-corrected chi connectivity index (χ3v) is 0. The van der Waals surface area contributed by atoms with Crippen LogP contribution in [0.5, 0.6) is 0 Å². The minimum absolute atomic E-state index is 0. The van der Waals surface area contributed by atoms with Crippen molar-refractivity contribution in [1.29, 1.82) is 0 Å². The third-order valence-electron chi connectivity index (χ3n) is 0. The first-order valence-corrected chi connectivity index (χ1v) is 0. The van der Waals surface area contributed by atoms with Crippen molar-refractivity contribution in [1.82, 2.24) is 0 Å². The Kier molecular flexibility index (Phi) is 406. The van der Waals surface area contributed by atoms with E-state index in [2.05, 4.69) is 0 Å². The fourth-order valence-corrected chi connectivity index (χ4v) is 0. The average Bonchev–Trinajstić information content (AvgIpc) is 0. The molecule has 0 spiro atoms. The number of rotatable bonds is 0. The third kappa shape index (κ3) is 10.4. The molecule has 0 radical (unpaired) electrons. The van der Waals surface area contributed by atoms with Crippen molar-refractivity contribution >= 4 is 11.0 Å². The van der Waals surface area contributed by atoms with Crippen molar-refractivity contribution in [2.75, 3.05) is 0 Å². The molecule has 0 atom stereocenters. The van der Waals surface area contributed by atoms with Crippen molar-refractivity contribution in [2.24, 2.45) is 0 Å². The van der Waals surface area contributed by atoms with E-state index in [1.165, 1.54) is 0 Å². The van der Waals surface area contributed by atoms with Gasteiger partial charge in [0, 0.05) is 0 Å². The Morgan fingerprint density at radius 1 is 1.00 bits per heavy atom. The first kappa shape index (κ1) is 58.3. The first-order chi connectivity index (χ1) is 0. The molecule has 1 nitrogen and oxygen atoms in total. The number of hydrogen-bond acceptors (Lipinski definition) is 0. The van der Waals surface area contributed by atoms with Gasteiger partial charge in [0.2, 0.25) is 0 Å². The molecule has 0 amide bonds. The summed E-state index contributed by atoms with van der Waals surface area (Å²) < 4.78 is 0. The monoisotopic (exact) mass is 107 g/mol. The first-order valence-electron chi connectivity index (χ1n) is 0. The summed E-state index contributed by atoms with van der Waals surface area (Å²) in [6, 6.07) is 0. The predicted molar refractivity (Wildman–Crippen MR) is 6.44 cm³/mol. The van der Waals surface area contributed by atoms with E-state index in [9.17, 15) is 0 Å². The molecule has 4 heavy (non-hydrogen) atoms. The average molecular weight is 107 g/mol. The summed E-state index contributed by atoms with van der Waals surface area (Å²) in [5.74, 6) is 0. The minimum Gasteiger partial charge on any atom is -2.00 e. The smallest absolute Gasteiger partial charge is 2.00 e. The maximum atomic E-state index is 0. The SMILES string of the molecule is [Fe+2].[Li+].[O-2].[Si+4]. The second-order valence-electron chi connectivity index (χ2n) is 0. The van der Waals surface area contributed by atoms with Gasteiger partial charge in [-0.3, -0.25) is 0 Å². The summed E-state index contributed by atoms with van der Waals surface area (Å²) in [7, 11) is 0. The van der Waals surface area contributed by atoms with Crippen LogP contribution in [0.4, 0.5) is 0 Å². The van der Waals surface area contributed by atoms with Gasteiger partial charge in [-0.25, -0.2) is 0 Å². The zero-order chi connectivity index (χ0) is 0. The zero-order valence-corrected chi connectivity index (χ0v) is 4.37. The molecule has 14 valence electrons. The standard InChI is InChI=1S/Fe.Li.O.Si/q+2;+1;-2;+4. The van der Waals surface area contributed by atoms with Gasteiger partial charge < -0.3 is 5.48 Å². The van der Waals surface area contributed by atoms with Crippen LogP contribution in [0, 0.1) is 0 Å². The van der Waals surface area contributed by atoms with Gasteiger partial charge in [-0.05, 0) is 0 Å². The van der Waals surface area contributed by atoms with Gasteiger partial charge in [0.05, 0.1) is 0 Å². The maximum absolute atomic E-state index is 0. The van der Waals surface area contributed by atoms with E-state index < -0.39 is 0 Å². The Balaban J connectivity index is 0. The molecule has 0 saturated heterocycles. The molecule has 4 heteroatoms. The van der Waals surface area contributed by atoms with Crippen molar-refractivity contribution in [3.8, 4) is 0 Å². The zero-order valence-electron chi connectivity index (χ0n) is 2.26. The fourth-order valence-electron chi connectivity index (χ4n) is 0. The van der Waals surface area contributed by atoms with Crippen LogP contribution < -0.4 is 18.9 Å². The molecule has 0 aliphatic carbocycles. The van der Waals surface area contributed by atoms with Gasteiger partial charge in [0.1, 0.15) is 0 Å². The second-order valence-corrected chi connectivity index (χ2v) is 0. The molecular weight excluding hydrogens is 107 g/mol. The van der Waals surface area contributed by atoms with E-state index in [1.54, 1.807) is 0 Å². The summed E-state index contributed by atoms with van der Waals surface area (Å²) in [4.78, 5) is 0. The Labute approximate surface area is 52.5 Å². The van der Waals surface area contributed by atoms with Gasteiger partial charge >= 0.3 is 46.9 Å². The molecule has 0 N–H and O–H groups in total. The maximum Gasteiger partial charge on any atom is 4.00 e. The molecule has 0 aliphatic heterocycles. The Morgan fingerprint density at radius 3 is 1.00 bits per heavy atom. The molecule has 0 bridgehead atoms. The van der Waals surface area contributed by atoms with Crippen LogP contribution in [0.15, 0.2) is 0 Å². The van der Waals surface area contributed by atoms with Gasteiger partial charge in [-0.15, -0.1) is 0 Å². The normalized spacial score (nSPS) is 0. The van der Waals surface area contributed by atoms with Crippen LogP contribution in [-0.4, -0.2) is 11.0 Å². The fraction of sp³-hybridized carbons (Fsp3) is 0. The molecule has 0 aromatic rings. The molecule has 0 fully saturated rings. The van der Waals surface area contributed by atoms with Gasteiger partial charge in [0.15, 0.2) is 0 Å². The van der Waals surface area contributed by atoms with Gasteiger partial charge in [-0.1, -0.05) is 0 Å². The molecule has 0 aromatic heterocycles. The summed E-state index contributed by atoms with van der Waals surface area (Å²) in [5.41, 5.74) is 0. The summed E-state index contributed by atoms with van der Waals surface area (Å²) in [5, 5.41) is 0. The van der Waals surface area contributed by atoms with E-state index in [-0.39, 0.29) is 52.4 Å². The Bertz CT molecular complexity index is 8.00. The second kappa shape index (κ2) is 27.8. The van der Waals surface area contributed by atoms with E-state index >= 15 is 0 Å².